The third-order valence-corrected chi connectivity index (χ3v) is 3.82. The number of esters is 1. The average molecular weight is 320 g/mol. The molecule has 0 amide bonds. The molecule has 5 heteroatoms. The number of hydrogen-bond acceptors (Lipinski definition) is 2. The first-order valence-electron chi connectivity index (χ1n) is 7.13. The molecule has 0 unspecified atom stereocenters. The molecule has 114 valence electrons. The van der Waals surface area contributed by atoms with Crippen molar-refractivity contribution in [2.24, 2.45) is 0 Å². The number of benzene rings is 1. The predicted molar refractivity (Wildman–Crippen MR) is 84.4 cm³/mol. The lowest BCUT2D eigenvalue weighted by atomic mass is 10.1. The number of aromatic nitrogens is 1. The molecule has 3 nitrogen and oxygen atoms in total. The highest BCUT2D eigenvalue weighted by Crippen LogP contribution is 2.34. The van der Waals surface area contributed by atoms with Gasteiger partial charge in [0.1, 0.15) is 11.5 Å². The first kappa shape index (κ1) is 14.9. The fourth-order valence-electron chi connectivity index (χ4n) is 2.70. The van der Waals surface area contributed by atoms with Gasteiger partial charge in [-0.1, -0.05) is 11.6 Å². The summed E-state index contributed by atoms with van der Waals surface area (Å²) in [6, 6.07) is 6.25. The molecule has 1 aromatic heterocycles. The molecule has 0 spiro atoms. The fraction of sp³-hybridized carbons (Fsp3) is 0.235. The van der Waals surface area contributed by atoms with Gasteiger partial charge in [-0.25, -0.2) is 9.18 Å². The maximum absolute atomic E-state index is 13.4. The molecule has 2 aromatic rings. The summed E-state index contributed by atoms with van der Waals surface area (Å²) >= 11 is 5.88. The molecule has 0 fully saturated rings. The van der Waals surface area contributed by atoms with Crippen LogP contribution < -0.4 is 0 Å². The molecule has 3 rings (SSSR count). The molecule has 1 heterocycles. The smallest absolute Gasteiger partial charge is 0.354 e. The van der Waals surface area contributed by atoms with Crippen LogP contribution in [-0.4, -0.2) is 17.6 Å². The predicted octanol–water partition coefficient (Wildman–Crippen LogP) is 4.47. The van der Waals surface area contributed by atoms with Gasteiger partial charge in [0, 0.05) is 10.7 Å². The Kier molecular flexibility index (Phi) is 4.03. The van der Waals surface area contributed by atoms with Gasteiger partial charge in [-0.05, 0) is 66.8 Å². The first-order valence-corrected chi connectivity index (χ1v) is 7.50. The molecule has 1 aliphatic carbocycles. The van der Waals surface area contributed by atoms with E-state index in [0.29, 0.717) is 22.9 Å². The number of aromatic amines is 1. The van der Waals surface area contributed by atoms with Gasteiger partial charge in [0.05, 0.1) is 6.61 Å². The van der Waals surface area contributed by atoms with Crippen LogP contribution in [0, 0.1) is 5.82 Å². The Labute approximate surface area is 132 Å². The minimum absolute atomic E-state index is 0.340. The number of carbonyl (C=O) groups excluding carboxylic acids is 1. The summed E-state index contributed by atoms with van der Waals surface area (Å²) in [6.07, 6.45) is 3.59. The van der Waals surface area contributed by atoms with Gasteiger partial charge >= 0.3 is 5.97 Å². The number of nitrogens with one attached hydrogen (secondary N) is 1. The van der Waals surface area contributed by atoms with Crippen LogP contribution >= 0.6 is 11.6 Å². The second-order valence-corrected chi connectivity index (χ2v) is 5.61. The molecule has 22 heavy (non-hydrogen) atoms. The zero-order chi connectivity index (χ0) is 15.7. The molecule has 1 aromatic carbocycles. The van der Waals surface area contributed by atoms with Crippen LogP contribution in [0.3, 0.4) is 0 Å². The first-order chi connectivity index (χ1) is 10.6. The third kappa shape index (κ3) is 2.92. The minimum atomic E-state index is -0.365. The number of carbonyl (C=O) groups is 1. The van der Waals surface area contributed by atoms with Crippen molar-refractivity contribution < 1.29 is 13.9 Å². The molecule has 0 saturated carbocycles. The number of allylic oxidation sites excluding steroid dienone is 1. The zero-order valence-corrected chi connectivity index (χ0v) is 12.8. The zero-order valence-electron chi connectivity index (χ0n) is 12.1. The van der Waals surface area contributed by atoms with Crippen molar-refractivity contribution in [3.8, 4) is 0 Å². The van der Waals surface area contributed by atoms with Crippen molar-refractivity contribution in [1.29, 1.82) is 0 Å². The Morgan fingerprint density at radius 1 is 1.36 bits per heavy atom. The monoisotopic (exact) mass is 319 g/mol. The number of ether oxygens (including phenoxy) is 1. The van der Waals surface area contributed by atoms with E-state index in [9.17, 15) is 9.18 Å². The van der Waals surface area contributed by atoms with Crippen molar-refractivity contribution in [2.45, 2.75) is 19.8 Å². The number of rotatable bonds is 3. The van der Waals surface area contributed by atoms with Crippen LogP contribution in [0.2, 0.25) is 5.02 Å². The second kappa shape index (κ2) is 5.97. The Hall–Kier alpha value is -2.07. The van der Waals surface area contributed by atoms with E-state index >= 15 is 0 Å². The molecule has 0 atom stereocenters. The van der Waals surface area contributed by atoms with Gasteiger partial charge in [-0.3, -0.25) is 0 Å². The highest BCUT2D eigenvalue weighted by atomic mass is 35.5. The fourth-order valence-corrected chi connectivity index (χ4v) is 2.93. The van der Waals surface area contributed by atoms with E-state index in [1.807, 2.05) is 12.1 Å². The van der Waals surface area contributed by atoms with Gasteiger partial charge in [0.25, 0.3) is 0 Å². The summed E-state index contributed by atoms with van der Waals surface area (Å²) in [5, 5.41) is 0.365. The normalized spacial score (nSPS) is 15.1. The topological polar surface area (TPSA) is 42.1 Å². The van der Waals surface area contributed by atoms with Gasteiger partial charge < -0.3 is 9.72 Å². The van der Waals surface area contributed by atoms with Gasteiger partial charge in [-0.15, -0.1) is 0 Å². The Morgan fingerprint density at radius 3 is 2.91 bits per heavy atom. The lowest BCUT2D eigenvalue weighted by Crippen LogP contribution is -2.05. The van der Waals surface area contributed by atoms with Crippen LogP contribution in [0.4, 0.5) is 4.39 Å². The third-order valence-electron chi connectivity index (χ3n) is 3.61. The van der Waals surface area contributed by atoms with E-state index < -0.39 is 0 Å². The van der Waals surface area contributed by atoms with Crippen LogP contribution in [0.5, 0.6) is 0 Å². The van der Waals surface area contributed by atoms with Gasteiger partial charge in [0.15, 0.2) is 0 Å². The van der Waals surface area contributed by atoms with Crippen molar-refractivity contribution in [3.63, 3.8) is 0 Å². The summed E-state index contributed by atoms with van der Waals surface area (Å²) in [5.74, 6) is -0.721. The lowest BCUT2D eigenvalue weighted by Gasteiger charge is -2.02. The molecule has 1 N–H and O–H groups in total. The SMILES string of the molecule is CCOC(=O)c1cc2c([nH]1)C(=Cc1cc(F)cc(Cl)c1)CC2. The minimum Gasteiger partial charge on any atom is -0.461 e. The maximum Gasteiger partial charge on any atom is 0.354 e. The second-order valence-electron chi connectivity index (χ2n) is 5.18. The number of aryl methyl sites for hydroxylation is 1. The summed E-state index contributed by atoms with van der Waals surface area (Å²) < 4.78 is 18.4. The van der Waals surface area contributed by atoms with Crippen molar-refractivity contribution in [2.75, 3.05) is 6.61 Å². The summed E-state index contributed by atoms with van der Waals surface area (Å²) in [6.45, 7) is 2.11. The number of halogens is 2. The Bertz CT molecular complexity index is 744. The molecule has 0 bridgehead atoms. The van der Waals surface area contributed by atoms with E-state index in [2.05, 4.69) is 4.98 Å². The van der Waals surface area contributed by atoms with Crippen molar-refractivity contribution in [3.05, 3.63) is 57.6 Å². The number of hydrogen-bond donors (Lipinski definition) is 1. The highest BCUT2D eigenvalue weighted by molar-refractivity contribution is 6.30. The van der Waals surface area contributed by atoms with E-state index in [-0.39, 0.29) is 11.8 Å². The van der Waals surface area contributed by atoms with Gasteiger partial charge in [0.2, 0.25) is 0 Å². The highest BCUT2D eigenvalue weighted by Gasteiger charge is 2.22. The Morgan fingerprint density at radius 2 is 2.18 bits per heavy atom. The molecular formula is C17H15ClFNO2. The maximum atomic E-state index is 13.4. The van der Waals surface area contributed by atoms with Crippen LogP contribution in [-0.2, 0) is 11.2 Å². The quantitative estimate of drug-likeness (QED) is 0.848. The van der Waals surface area contributed by atoms with Crippen LogP contribution in [0.15, 0.2) is 24.3 Å². The number of H-pyrrole nitrogens is 1. The largest absolute Gasteiger partial charge is 0.461 e. The lowest BCUT2D eigenvalue weighted by molar-refractivity contribution is 0.0520. The summed E-state index contributed by atoms with van der Waals surface area (Å²) in [5.41, 5.74) is 4.20. The molecule has 0 saturated heterocycles. The summed E-state index contributed by atoms with van der Waals surface area (Å²) in [4.78, 5) is 14.9. The van der Waals surface area contributed by atoms with Gasteiger partial charge in [-0.2, -0.15) is 0 Å². The summed E-state index contributed by atoms with van der Waals surface area (Å²) in [7, 11) is 0. The van der Waals surface area contributed by atoms with E-state index in [1.165, 1.54) is 12.1 Å². The van der Waals surface area contributed by atoms with E-state index in [0.717, 1.165) is 29.7 Å². The average Bonchev–Trinajstić information content (AvgIpc) is 3.00. The molecule has 1 aliphatic rings. The van der Waals surface area contributed by atoms with Crippen molar-refractivity contribution in [1.82, 2.24) is 4.98 Å². The van der Waals surface area contributed by atoms with Crippen LogP contribution in [0.25, 0.3) is 11.6 Å². The molecule has 0 radical (unpaired) electrons. The molecular weight excluding hydrogens is 305 g/mol. The number of fused-ring (bicyclic) bond motifs is 1. The van der Waals surface area contributed by atoms with Crippen LogP contribution in [0.1, 0.15) is 40.7 Å². The molecule has 0 aliphatic heterocycles. The van der Waals surface area contributed by atoms with Crippen molar-refractivity contribution >= 4 is 29.2 Å². The van der Waals surface area contributed by atoms with E-state index in [4.69, 9.17) is 16.3 Å². The Balaban J connectivity index is 1.93. The standard InChI is InChI=1S/C17H15ClFNO2/c1-2-22-17(21)15-8-12-4-3-11(16(12)20-15)5-10-6-13(18)9-14(19)7-10/h5-9,20H,2-4H2,1H3. The van der Waals surface area contributed by atoms with E-state index in [1.54, 1.807) is 13.0 Å².